The van der Waals surface area contributed by atoms with Gasteiger partial charge in [0, 0.05) is 13.6 Å². The summed E-state index contributed by atoms with van der Waals surface area (Å²) in [6, 6.07) is 9.58. The van der Waals surface area contributed by atoms with Crippen molar-refractivity contribution in [2.75, 3.05) is 6.54 Å². The highest BCUT2D eigenvalue weighted by Crippen LogP contribution is 2.05. The summed E-state index contributed by atoms with van der Waals surface area (Å²) in [5.41, 5.74) is 1.64. The van der Waals surface area contributed by atoms with E-state index in [0.717, 1.165) is 17.9 Å². The molecule has 2 rings (SSSR count). The Kier molecular flexibility index (Phi) is 5.49. The third-order valence-electron chi connectivity index (χ3n) is 3.04. The first-order valence-electron chi connectivity index (χ1n) is 7.07. The van der Waals surface area contributed by atoms with Crippen molar-refractivity contribution in [1.82, 2.24) is 25.4 Å². The second-order valence-electron chi connectivity index (χ2n) is 4.66. The number of nitrogens with one attached hydrogen (secondary N) is 2. The van der Waals surface area contributed by atoms with Crippen LogP contribution in [0.15, 0.2) is 35.6 Å². The van der Waals surface area contributed by atoms with Crippen LogP contribution in [0.2, 0.25) is 0 Å². The quantitative estimate of drug-likeness (QED) is 0.633. The fraction of sp³-hybridized carbons (Fsp3) is 0.333. The first-order chi connectivity index (χ1) is 10.7. The molecular formula is C15H19N7. The molecule has 7 heteroatoms. The Labute approximate surface area is 129 Å². The molecule has 0 radical (unpaired) electrons. The number of aliphatic imine (C=N–C) groups is 1. The fourth-order valence-electron chi connectivity index (χ4n) is 1.89. The molecule has 1 heterocycles. The molecule has 0 aliphatic rings. The summed E-state index contributed by atoms with van der Waals surface area (Å²) >= 11 is 0. The number of nitriles is 1. The summed E-state index contributed by atoms with van der Waals surface area (Å²) in [5, 5.41) is 19.3. The average Bonchev–Trinajstić information content (AvgIpc) is 2.95. The van der Waals surface area contributed by atoms with E-state index < -0.39 is 0 Å². The third kappa shape index (κ3) is 4.31. The van der Waals surface area contributed by atoms with Crippen LogP contribution in [0, 0.1) is 11.3 Å². The maximum absolute atomic E-state index is 8.91. The SMILES string of the molecule is CCNC(=NCc1cccc(C#N)c1)NCc1ncnn1C. The highest BCUT2D eigenvalue weighted by molar-refractivity contribution is 5.79. The zero-order valence-corrected chi connectivity index (χ0v) is 12.7. The molecule has 0 amide bonds. The summed E-state index contributed by atoms with van der Waals surface area (Å²) in [5.74, 6) is 1.53. The molecule has 2 N–H and O–H groups in total. The molecule has 1 aromatic heterocycles. The largest absolute Gasteiger partial charge is 0.357 e. The van der Waals surface area contributed by atoms with E-state index in [9.17, 15) is 0 Å². The molecule has 0 bridgehead atoms. The smallest absolute Gasteiger partial charge is 0.191 e. The van der Waals surface area contributed by atoms with Gasteiger partial charge in [-0.2, -0.15) is 10.4 Å². The number of guanidine groups is 1. The first kappa shape index (κ1) is 15.5. The lowest BCUT2D eigenvalue weighted by Crippen LogP contribution is -2.37. The molecule has 1 aromatic carbocycles. The summed E-state index contributed by atoms with van der Waals surface area (Å²) in [7, 11) is 1.85. The van der Waals surface area contributed by atoms with Gasteiger partial charge in [0.1, 0.15) is 12.2 Å². The Balaban J connectivity index is 2.00. The lowest BCUT2D eigenvalue weighted by molar-refractivity contribution is 0.673. The van der Waals surface area contributed by atoms with Crippen LogP contribution in [0.3, 0.4) is 0 Å². The first-order valence-corrected chi connectivity index (χ1v) is 7.07. The van der Waals surface area contributed by atoms with Crippen molar-refractivity contribution in [3.8, 4) is 6.07 Å². The van der Waals surface area contributed by atoms with E-state index in [1.807, 2.05) is 32.2 Å². The zero-order valence-electron chi connectivity index (χ0n) is 12.7. The van der Waals surface area contributed by atoms with Crippen LogP contribution in [-0.4, -0.2) is 27.3 Å². The topological polar surface area (TPSA) is 90.9 Å². The van der Waals surface area contributed by atoms with Gasteiger partial charge in [-0.1, -0.05) is 12.1 Å². The van der Waals surface area contributed by atoms with E-state index in [2.05, 4.69) is 31.8 Å². The van der Waals surface area contributed by atoms with Gasteiger partial charge in [0.05, 0.1) is 24.7 Å². The van der Waals surface area contributed by atoms with Gasteiger partial charge in [-0.3, -0.25) is 4.68 Å². The van der Waals surface area contributed by atoms with Gasteiger partial charge in [0.2, 0.25) is 0 Å². The third-order valence-corrected chi connectivity index (χ3v) is 3.04. The summed E-state index contributed by atoms with van der Waals surface area (Å²) in [4.78, 5) is 8.68. The minimum Gasteiger partial charge on any atom is -0.357 e. The number of rotatable bonds is 5. The number of aromatic nitrogens is 3. The van der Waals surface area contributed by atoms with E-state index in [1.54, 1.807) is 10.7 Å². The molecule has 7 nitrogen and oxygen atoms in total. The number of hydrogen-bond acceptors (Lipinski definition) is 4. The molecule has 0 saturated carbocycles. The Hall–Kier alpha value is -2.88. The standard InChI is InChI=1S/C15H19N7/c1-3-17-15(19-10-14-20-11-21-22(14)2)18-9-13-6-4-5-12(7-13)8-16/h4-7,11H,3,9-10H2,1-2H3,(H2,17,18,19). The molecule has 0 saturated heterocycles. The molecule has 0 fully saturated rings. The summed E-state index contributed by atoms with van der Waals surface area (Å²) in [6.45, 7) is 3.82. The molecule has 0 aliphatic heterocycles. The van der Waals surface area contributed by atoms with Gasteiger partial charge in [0.25, 0.3) is 0 Å². The zero-order chi connectivity index (χ0) is 15.8. The van der Waals surface area contributed by atoms with Gasteiger partial charge in [0.15, 0.2) is 5.96 Å². The maximum atomic E-state index is 8.91. The molecule has 0 atom stereocenters. The van der Waals surface area contributed by atoms with Crippen LogP contribution in [-0.2, 0) is 20.1 Å². The van der Waals surface area contributed by atoms with Gasteiger partial charge in [-0.15, -0.1) is 0 Å². The molecule has 0 spiro atoms. The molecule has 22 heavy (non-hydrogen) atoms. The van der Waals surface area contributed by atoms with Crippen LogP contribution in [0.5, 0.6) is 0 Å². The number of aryl methyl sites for hydroxylation is 1. The predicted molar refractivity (Wildman–Crippen MR) is 83.8 cm³/mol. The lowest BCUT2D eigenvalue weighted by Gasteiger charge is -2.10. The average molecular weight is 297 g/mol. The normalized spacial score (nSPS) is 11.0. The van der Waals surface area contributed by atoms with Crippen LogP contribution < -0.4 is 10.6 Å². The maximum Gasteiger partial charge on any atom is 0.191 e. The van der Waals surface area contributed by atoms with Crippen LogP contribution >= 0.6 is 0 Å². The second-order valence-corrected chi connectivity index (χ2v) is 4.66. The molecule has 0 aliphatic carbocycles. The van der Waals surface area contributed by atoms with Gasteiger partial charge in [-0.05, 0) is 24.6 Å². The van der Waals surface area contributed by atoms with Crippen molar-refractivity contribution >= 4 is 5.96 Å². The van der Waals surface area contributed by atoms with E-state index in [0.29, 0.717) is 24.6 Å². The molecule has 0 unspecified atom stereocenters. The van der Waals surface area contributed by atoms with Crippen molar-refractivity contribution in [2.24, 2.45) is 12.0 Å². The van der Waals surface area contributed by atoms with Gasteiger partial charge < -0.3 is 10.6 Å². The van der Waals surface area contributed by atoms with Gasteiger partial charge in [-0.25, -0.2) is 9.98 Å². The Morgan fingerprint density at radius 1 is 1.41 bits per heavy atom. The summed E-state index contributed by atoms with van der Waals surface area (Å²) < 4.78 is 1.72. The molecule has 114 valence electrons. The number of nitrogens with zero attached hydrogens (tertiary/aromatic N) is 5. The van der Waals surface area contributed by atoms with Gasteiger partial charge >= 0.3 is 0 Å². The monoisotopic (exact) mass is 297 g/mol. The van der Waals surface area contributed by atoms with E-state index >= 15 is 0 Å². The van der Waals surface area contributed by atoms with E-state index in [4.69, 9.17) is 5.26 Å². The molecular weight excluding hydrogens is 278 g/mol. The minimum atomic E-state index is 0.504. The van der Waals surface area contributed by atoms with Crippen LogP contribution in [0.25, 0.3) is 0 Å². The Morgan fingerprint density at radius 2 is 2.27 bits per heavy atom. The molecule has 2 aromatic rings. The van der Waals surface area contributed by atoms with E-state index in [-0.39, 0.29) is 0 Å². The van der Waals surface area contributed by atoms with Crippen LogP contribution in [0.1, 0.15) is 23.9 Å². The highest BCUT2D eigenvalue weighted by Gasteiger charge is 2.03. The van der Waals surface area contributed by atoms with Crippen molar-refractivity contribution in [2.45, 2.75) is 20.0 Å². The van der Waals surface area contributed by atoms with Crippen molar-refractivity contribution in [3.05, 3.63) is 47.5 Å². The van der Waals surface area contributed by atoms with Crippen molar-refractivity contribution in [3.63, 3.8) is 0 Å². The van der Waals surface area contributed by atoms with Crippen molar-refractivity contribution in [1.29, 1.82) is 5.26 Å². The predicted octanol–water partition coefficient (Wildman–Crippen LogP) is 0.942. The Morgan fingerprint density at radius 3 is 2.95 bits per heavy atom. The fourth-order valence-corrected chi connectivity index (χ4v) is 1.89. The highest BCUT2D eigenvalue weighted by atomic mass is 15.3. The number of hydrogen-bond donors (Lipinski definition) is 2. The van der Waals surface area contributed by atoms with Crippen LogP contribution in [0.4, 0.5) is 0 Å². The summed E-state index contributed by atoms with van der Waals surface area (Å²) in [6.07, 6.45) is 1.52. The second kappa shape index (κ2) is 7.78. The minimum absolute atomic E-state index is 0.504. The number of benzene rings is 1. The Bertz CT molecular complexity index is 681. The van der Waals surface area contributed by atoms with Crippen molar-refractivity contribution < 1.29 is 0 Å². The van der Waals surface area contributed by atoms with E-state index in [1.165, 1.54) is 6.33 Å². The lowest BCUT2D eigenvalue weighted by atomic mass is 10.1.